The Kier molecular flexibility index (Phi) is 6.15. The number of carbonyl (C=O) groups excluding carboxylic acids is 1. The van der Waals surface area contributed by atoms with Gasteiger partial charge in [-0.05, 0) is 37.3 Å². The standard InChI is InChI=1S/C22H20BrFN4O3/c1-14-12-20(29)21(26-28(14)18-5-3-2-4-16(18)24)22(30)25-17-13-15(23)6-7-19(17)27-8-10-31-11-9-27/h2-7,12-13H,8-11H2,1H3,(H,25,30). The fraction of sp³-hybridized carbons (Fsp3) is 0.227. The maximum absolute atomic E-state index is 14.3. The van der Waals surface area contributed by atoms with Crippen LogP contribution in [-0.2, 0) is 4.74 Å². The summed E-state index contributed by atoms with van der Waals surface area (Å²) in [5, 5.41) is 6.97. The van der Waals surface area contributed by atoms with Crippen LogP contribution >= 0.6 is 15.9 Å². The quantitative estimate of drug-likeness (QED) is 0.610. The number of halogens is 2. The lowest BCUT2D eigenvalue weighted by molar-refractivity contribution is 0.101. The first kappa shape index (κ1) is 21.2. The van der Waals surface area contributed by atoms with Crippen LogP contribution in [0.1, 0.15) is 16.2 Å². The number of nitrogens with zero attached hydrogens (tertiary/aromatic N) is 3. The summed E-state index contributed by atoms with van der Waals surface area (Å²) in [5.74, 6) is -1.17. The Morgan fingerprint density at radius 3 is 2.61 bits per heavy atom. The zero-order valence-electron chi connectivity index (χ0n) is 16.8. The Balaban J connectivity index is 1.70. The molecule has 0 unspecified atom stereocenters. The summed E-state index contributed by atoms with van der Waals surface area (Å²) in [6.07, 6.45) is 0. The van der Waals surface area contributed by atoms with Crippen molar-refractivity contribution in [3.8, 4) is 5.69 Å². The molecule has 1 aliphatic heterocycles. The zero-order valence-corrected chi connectivity index (χ0v) is 18.4. The van der Waals surface area contributed by atoms with Gasteiger partial charge in [-0.2, -0.15) is 5.10 Å². The van der Waals surface area contributed by atoms with Crippen molar-refractivity contribution in [1.29, 1.82) is 0 Å². The average Bonchev–Trinajstić information content (AvgIpc) is 2.75. The van der Waals surface area contributed by atoms with Crippen LogP contribution in [0.2, 0.25) is 0 Å². The molecule has 0 saturated carbocycles. The van der Waals surface area contributed by atoms with Gasteiger partial charge in [0.1, 0.15) is 11.5 Å². The number of aryl methyl sites for hydroxylation is 1. The van der Waals surface area contributed by atoms with Crippen LogP contribution in [0.4, 0.5) is 15.8 Å². The highest BCUT2D eigenvalue weighted by Gasteiger charge is 2.20. The second-order valence-corrected chi connectivity index (χ2v) is 7.99. The van der Waals surface area contributed by atoms with E-state index in [0.717, 1.165) is 10.2 Å². The van der Waals surface area contributed by atoms with Crippen molar-refractivity contribution in [2.24, 2.45) is 0 Å². The SMILES string of the molecule is Cc1cc(=O)c(C(=O)Nc2cc(Br)ccc2N2CCOCC2)nn1-c1ccccc1F. The molecule has 0 aliphatic carbocycles. The largest absolute Gasteiger partial charge is 0.378 e. The lowest BCUT2D eigenvalue weighted by Gasteiger charge is -2.30. The molecule has 1 amide bonds. The van der Waals surface area contributed by atoms with Gasteiger partial charge in [0.25, 0.3) is 5.91 Å². The fourth-order valence-corrected chi connectivity index (χ4v) is 3.80. The molecule has 0 spiro atoms. The van der Waals surface area contributed by atoms with Crippen molar-refractivity contribution >= 4 is 33.2 Å². The molecule has 0 bridgehead atoms. The first-order chi connectivity index (χ1) is 14.9. The third-order valence-corrected chi connectivity index (χ3v) is 5.46. The zero-order chi connectivity index (χ0) is 22.0. The number of ether oxygens (including phenoxy) is 1. The number of para-hydroxylation sites is 1. The van der Waals surface area contributed by atoms with E-state index in [2.05, 4.69) is 31.2 Å². The summed E-state index contributed by atoms with van der Waals surface area (Å²) in [6, 6.07) is 12.9. The minimum absolute atomic E-state index is 0.158. The number of hydrogen-bond donors (Lipinski definition) is 1. The van der Waals surface area contributed by atoms with Gasteiger partial charge in [0.05, 0.1) is 24.6 Å². The van der Waals surface area contributed by atoms with Gasteiger partial charge >= 0.3 is 0 Å². The van der Waals surface area contributed by atoms with Gasteiger partial charge in [-0.1, -0.05) is 28.1 Å². The number of benzene rings is 2. The van der Waals surface area contributed by atoms with E-state index in [4.69, 9.17) is 4.74 Å². The number of hydrogen-bond acceptors (Lipinski definition) is 5. The smallest absolute Gasteiger partial charge is 0.280 e. The molecule has 160 valence electrons. The first-order valence-electron chi connectivity index (χ1n) is 9.73. The predicted octanol–water partition coefficient (Wildman–Crippen LogP) is 3.53. The minimum atomic E-state index is -0.664. The first-order valence-corrected chi connectivity index (χ1v) is 10.5. The molecule has 9 heteroatoms. The van der Waals surface area contributed by atoms with Crippen molar-refractivity contribution in [3.05, 3.63) is 80.4 Å². The van der Waals surface area contributed by atoms with Crippen LogP contribution in [0.25, 0.3) is 5.69 Å². The van der Waals surface area contributed by atoms with Crippen molar-refractivity contribution in [1.82, 2.24) is 9.78 Å². The van der Waals surface area contributed by atoms with Gasteiger partial charge < -0.3 is 15.0 Å². The molecule has 2 heterocycles. The topological polar surface area (TPSA) is 76.5 Å². The predicted molar refractivity (Wildman–Crippen MR) is 120 cm³/mol. The number of nitrogens with one attached hydrogen (secondary N) is 1. The van der Waals surface area contributed by atoms with Crippen LogP contribution in [0, 0.1) is 12.7 Å². The summed E-state index contributed by atoms with van der Waals surface area (Å²) in [7, 11) is 0. The van der Waals surface area contributed by atoms with Crippen LogP contribution in [0.5, 0.6) is 0 Å². The Labute approximate surface area is 186 Å². The lowest BCUT2D eigenvalue weighted by Crippen LogP contribution is -2.37. The van der Waals surface area contributed by atoms with Crippen molar-refractivity contribution in [2.45, 2.75) is 6.92 Å². The lowest BCUT2D eigenvalue weighted by atomic mass is 10.2. The Morgan fingerprint density at radius 1 is 1.13 bits per heavy atom. The van der Waals surface area contributed by atoms with Crippen LogP contribution in [-0.4, -0.2) is 42.0 Å². The van der Waals surface area contributed by atoms with Crippen molar-refractivity contribution in [3.63, 3.8) is 0 Å². The van der Waals surface area contributed by atoms with E-state index in [1.807, 2.05) is 12.1 Å². The van der Waals surface area contributed by atoms with Gasteiger partial charge in [0, 0.05) is 29.3 Å². The van der Waals surface area contributed by atoms with Crippen molar-refractivity contribution < 1.29 is 13.9 Å². The third kappa shape index (κ3) is 4.52. The molecule has 7 nitrogen and oxygen atoms in total. The Hall–Kier alpha value is -3.04. The Bertz CT molecular complexity index is 1190. The number of aromatic nitrogens is 2. The molecule has 31 heavy (non-hydrogen) atoms. The van der Waals surface area contributed by atoms with Gasteiger partial charge in [-0.3, -0.25) is 9.59 Å². The summed E-state index contributed by atoms with van der Waals surface area (Å²) in [6.45, 7) is 4.20. The van der Waals surface area contributed by atoms with Gasteiger partial charge in [-0.25, -0.2) is 9.07 Å². The molecule has 1 N–H and O–H groups in total. The van der Waals surface area contributed by atoms with E-state index in [9.17, 15) is 14.0 Å². The molecule has 4 rings (SSSR count). The number of anilines is 2. The highest BCUT2D eigenvalue weighted by Crippen LogP contribution is 2.30. The number of carbonyl (C=O) groups is 1. The highest BCUT2D eigenvalue weighted by molar-refractivity contribution is 9.10. The molecule has 1 saturated heterocycles. The highest BCUT2D eigenvalue weighted by atomic mass is 79.9. The molecular formula is C22H20BrFN4O3. The minimum Gasteiger partial charge on any atom is -0.378 e. The molecule has 1 aliphatic rings. The van der Waals surface area contributed by atoms with E-state index in [-0.39, 0.29) is 11.4 Å². The second-order valence-electron chi connectivity index (χ2n) is 7.08. The van der Waals surface area contributed by atoms with Gasteiger partial charge in [0.15, 0.2) is 5.69 Å². The normalized spacial score (nSPS) is 13.8. The molecular weight excluding hydrogens is 467 g/mol. The maximum atomic E-state index is 14.3. The second kappa shape index (κ2) is 8.99. The number of morpholine rings is 1. The van der Waals surface area contributed by atoms with E-state index >= 15 is 0 Å². The van der Waals surface area contributed by atoms with E-state index in [1.54, 1.807) is 25.1 Å². The molecule has 3 aromatic rings. The molecule has 1 fully saturated rings. The maximum Gasteiger partial charge on any atom is 0.280 e. The third-order valence-electron chi connectivity index (χ3n) is 4.96. The monoisotopic (exact) mass is 486 g/mol. The van der Waals surface area contributed by atoms with Crippen LogP contribution in [0.3, 0.4) is 0 Å². The summed E-state index contributed by atoms with van der Waals surface area (Å²) < 4.78 is 21.7. The summed E-state index contributed by atoms with van der Waals surface area (Å²) in [4.78, 5) is 27.7. The summed E-state index contributed by atoms with van der Waals surface area (Å²) in [5.41, 5.74) is 1.09. The Morgan fingerprint density at radius 2 is 1.87 bits per heavy atom. The molecule has 0 radical (unpaired) electrons. The van der Waals surface area contributed by atoms with Crippen LogP contribution in [0.15, 0.2) is 57.8 Å². The van der Waals surface area contributed by atoms with E-state index in [1.165, 1.54) is 22.9 Å². The number of rotatable bonds is 4. The van der Waals surface area contributed by atoms with Crippen LogP contribution < -0.4 is 15.6 Å². The van der Waals surface area contributed by atoms with Crippen molar-refractivity contribution in [2.75, 3.05) is 36.5 Å². The molecule has 1 aromatic heterocycles. The van der Waals surface area contributed by atoms with E-state index < -0.39 is 17.2 Å². The van der Waals surface area contributed by atoms with E-state index in [0.29, 0.717) is 37.7 Å². The van der Waals surface area contributed by atoms with Gasteiger partial charge in [-0.15, -0.1) is 0 Å². The molecule has 0 atom stereocenters. The summed E-state index contributed by atoms with van der Waals surface area (Å²) >= 11 is 3.42. The number of amides is 1. The molecule has 2 aromatic carbocycles. The van der Waals surface area contributed by atoms with Gasteiger partial charge in [0.2, 0.25) is 5.43 Å². The average molecular weight is 487 g/mol. The fourth-order valence-electron chi connectivity index (χ4n) is 3.44.